The topological polar surface area (TPSA) is 69.2 Å². The molecule has 0 bridgehead atoms. The first-order chi connectivity index (χ1) is 12.8. The number of rotatable bonds is 14. The Labute approximate surface area is 164 Å². The average molecular weight is 377 g/mol. The summed E-state index contributed by atoms with van der Waals surface area (Å²) < 4.78 is 0.598. The third-order valence-electron chi connectivity index (χ3n) is 4.51. The van der Waals surface area contributed by atoms with Crippen molar-refractivity contribution in [3.05, 3.63) is 35.9 Å². The van der Waals surface area contributed by atoms with E-state index in [-0.39, 0.29) is 18.4 Å². The second kappa shape index (κ2) is 12.5. The largest absolute Gasteiger partial charge is 0.550 e. The number of carboxylic acids is 1. The van der Waals surface area contributed by atoms with Gasteiger partial charge in [0.05, 0.1) is 33.7 Å². The quantitative estimate of drug-likeness (QED) is 0.400. The van der Waals surface area contributed by atoms with Crippen LogP contribution in [0.4, 0.5) is 0 Å². The van der Waals surface area contributed by atoms with Gasteiger partial charge in [-0.2, -0.15) is 0 Å². The van der Waals surface area contributed by atoms with Gasteiger partial charge in [0.1, 0.15) is 0 Å². The summed E-state index contributed by atoms with van der Waals surface area (Å²) in [4.78, 5) is 23.0. The molecule has 5 heteroatoms. The van der Waals surface area contributed by atoms with Gasteiger partial charge in [0.2, 0.25) is 5.91 Å². The second-order valence-electron chi connectivity index (χ2n) is 8.42. The molecule has 1 atom stereocenters. The molecule has 152 valence electrons. The fraction of sp³-hybridized carbons (Fsp3) is 0.636. The van der Waals surface area contributed by atoms with Crippen molar-refractivity contribution in [1.82, 2.24) is 5.32 Å². The van der Waals surface area contributed by atoms with E-state index in [1.165, 1.54) is 24.8 Å². The molecule has 0 saturated carbocycles. The van der Waals surface area contributed by atoms with Crippen LogP contribution in [0, 0.1) is 0 Å². The highest BCUT2D eigenvalue weighted by Crippen LogP contribution is 2.11. The molecular formula is C22H36N2O3. The summed E-state index contributed by atoms with van der Waals surface area (Å²) in [5.41, 5.74) is 1.40. The van der Waals surface area contributed by atoms with Crippen molar-refractivity contribution in [3.63, 3.8) is 0 Å². The van der Waals surface area contributed by atoms with Gasteiger partial charge in [-0.1, -0.05) is 56.0 Å². The highest BCUT2D eigenvalue weighted by atomic mass is 16.4. The van der Waals surface area contributed by atoms with Crippen molar-refractivity contribution in [2.24, 2.45) is 0 Å². The van der Waals surface area contributed by atoms with Crippen molar-refractivity contribution < 1.29 is 19.2 Å². The SMILES string of the molecule is C[N+](C)(C)C[C@@H](CC(=O)[O-])NC(=O)CCCCCCCCc1ccccc1. The van der Waals surface area contributed by atoms with Crippen LogP contribution in [0.3, 0.4) is 0 Å². The summed E-state index contributed by atoms with van der Waals surface area (Å²) in [7, 11) is 5.94. The van der Waals surface area contributed by atoms with Crippen LogP contribution in [-0.2, 0) is 16.0 Å². The second-order valence-corrected chi connectivity index (χ2v) is 8.42. The van der Waals surface area contributed by atoms with E-state index in [4.69, 9.17) is 0 Å². The first kappa shape index (κ1) is 23.2. The van der Waals surface area contributed by atoms with E-state index < -0.39 is 5.97 Å². The van der Waals surface area contributed by atoms with E-state index >= 15 is 0 Å². The number of carbonyl (C=O) groups is 2. The highest BCUT2D eigenvalue weighted by Gasteiger charge is 2.20. The molecule has 0 aliphatic carbocycles. The maximum atomic E-state index is 12.1. The Hall–Kier alpha value is -1.88. The Morgan fingerprint density at radius 1 is 0.963 bits per heavy atom. The first-order valence-electron chi connectivity index (χ1n) is 10.1. The number of unbranched alkanes of at least 4 members (excludes halogenated alkanes) is 5. The van der Waals surface area contributed by atoms with Crippen molar-refractivity contribution in [2.75, 3.05) is 27.7 Å². The van der Waals surface area contributed by atoms with E-state index in [1.807, 2.05) is 27.2 Å². The molecule has 1 aromatic carbocycles. The zero-order chi connectivity index (χ0) is 20.1. The molecule has 0 aliphatic heterocycles. The molecule has 0 unspecified atom stereocenters. The number of carboxylic acid groups (broad SMARTS) is 1. The van der Waals surface area contributed by atoms with Crippen LogP contribution in [0.5, 0.6) is 0 Å². The maximum Gasteiger partial charge on any atom is 0.220 e. The minimum Gasteiger partial charge on any atom is -0.550 e. The maximum absolute atomic E-state index is 12.1. The van der Waals surface area contributed by atoms with E-state index in [0.29, 0.717) is 17.4 Å². The number of hydrogen-bond donors (Lipinski definition) is 1. The Morgan fingerprint density at radius 3 is 2.15 bits per heavy atom. The zero-order valence-corrected chi connectivity index (χ0v) is 17.2. The lowest BCUT2D eigenvalue weighted by Crippen LogP contribution is -2.50. The Balaban J connectivity index is 2.10. The number of benzene rings is 1. The van der Waals surface area contributed by atoms with Crippen LogP contribution < -0.4 is 10.4 Å². The lowest BCUT2D eigenvalue weighted by molar-refractivity contribution is -0.871. The molecule has 1 N–H and O–H groups in total. The van der Waals surface area contributed by atoms with Crippen LogP contribution in [0.1, 0.15) is 56.9 Å². The van der Waals surface area contributed by atoms with Crippen LogP contribution in [0.15, 0.2) is 30.3 Å². The number of hydrogen-bond acceptors (Lipinski definition) is 3. The number of aryl methyl sites for hydroxylation is 1. The molecule has 0 aromatic heterocycles. The number of likely N-dealkylation sites (N-methyl/N-ethyl adjacent to an activating group) is 1. The number of aliphatic carboxylic acids is 1. The number of quaternary nitrogens is 1. The van der Waals surface area contributed by atoms with Gasteiger partial charge in [0.15, 0.2) is 0 Å². The standard InChI is InChI=1S/C22H36N2O3/c1-24(2,3)18-20(17-22(26)27)23-21(25)16-12-7-5-4-6-9-13-19-14-10-8-11-15-19/h8,10-11,14-15,20H,4-7,9,12-13,16-18H2,1-3H3,(H-,23,25,26,27)/t20-/m1/s1. The summed E-state index contributed by atoms with van der Waals surface area (Å²) in [6, 6.07) is 10.2. The summed E-state index contributed by atoms with van der Waals surface area (Å²) in [6.45, 7) is 0.571. The van der Waals surface area contributed by atoms with Crippen LogP contribution in [0.2, 0.25) is 0 Å². The van der Waals surface area contributed by atoms with Crippen molar-refractivity contribution in [1.29, 1.82) is 0 Å². The summed E-state index contributed by atoms with van der Waals surface area (Å²) in [5, 5.41) is 13.7. The van der Waals surface area contributed by atoms with Crippen LogP contribution in [0.25, 0.3) is 0 Å². The fourth-order valence-electron chi connectivity index (χ4n) is 3.29. The molecule has 0 aliphatic rings. The molecule has 1 aromatic rings. The lowest BCUT2D eigenvalue weighted by atomic mass is 10.0. The van der Waals surface area contributed by atoms with E-state index in [9.17, 15) is 14.7 Å². The fourth-order valence-corrected chi connectivity index (χ4v) is 3.29. The first-order valence-corrected chi connectivity index (χ1v) is 10.1. The van der Waals surface area contributed by atoms with Gasteiger partial charge in [-0.3, -0.25) is 4.79 Å². The van der Waals surface area contributed by atoms with Crippen molar-refractivity contribution >= 4 is 11.9 Å². The molecule has 5 nitrogen and oxygen atoms in total. The molecule has 1 amide bonds. The lowest BCUT2D eigenvalue weighted by Gasteiger charge is -2.30. The van der Waals surface area contributed by atoms with Gasteiger partial charge < -0.3 is 19.7 Å². The van der Waals surface area contributed by atoms with Gasteiger partial charge in [-0.15, -0.1) is 0 Å². The monoisotopic (exact) mass is 376 g/mol. The molecule has 1 rings (SSSR count). The minimum atomic E-state index is -1.12. The molecule has 0 spiro atoms. The summed E-state index contributed by atoms with van der Waals surface area (Å²) >= 11 is 0. The molecule has 0 fully saturated rings. The average Bonchev–Trinajstić information content (AvgIpc) is 2.56. The zero-order valence-electron chi connectivity index (χ0n) is 17.2. The Kier molecular flexibility index (Phi) is 10.7. The normalized spacial score (nSPS) is 12.6. The highest BCUT2D eigenvalue weighted by molar-refractivity contribution is 5.77. The van der Waals surface area contributed by atoms with Gasteiger partial charge in [-0.05, 0) is 24.8 Å². The van der Waals surface area contributed by atoms with Gasteiger partial charge in [0, 0.05) is 18.8 Å². The van der Waals surface area contributed by atoms with E-state index in [2.05, 4.69) is 29.6 Å². The smallest absolute Gasteiger partial charge is 0.220 e. The molecular weight excluding hydrogens is 340 g/mol. The predicted molar refractivity (Wildman–Crippen MR) is 107 cm³/mol. The molecule has 0 radical (unpaired) electrons. The number of nitrogens with zero attached hydrogens (tertiary/aromatic N) is 1. The molecule has 27 heavy (non-hydrogen) atoms. The summed E-state index contributed by atoms with van der Waals surface area (Å²) in [6.07, 6.45) is 8.13. The van der Waals surface area contributed by atoms with Gasteiger partial charge in [0.25, 0.3) is 0 Å². The van der Waals surface area contributed by atoms with Crippen molar-refractivity contribution in [3.8, 4) is 0 Å². The van der Waals surface area contributed by atoms with Gasteiger partial charge in [-0.25, -0.2) is 0 Å². The Bertz CT molecular complexity index is 552. The molecule has 0 saturated heterocycles. The summed E-state index contributed by atoms with van der Waals surface area (Å²) in [5.74, 6) is -1.18. The van der Waals surface area contributed by atoms with Gasteiger partial charge >= 0.3 is 0 Å². The van der Waals surface area contributed by atoms with Crippen LogP contribution >= 0.6 is 0 Å². The van der Waals surface area contributed by atoms with Crippen molar-refractivity contribution in [2.45, 2.75) is 63.8 Å². The number of carbonyl (C=O) groups excluding carboxylic acids is 2. The third kappa shape index (κ3) is 13.0. The third-order valence-corrected chi connectivity index (χ3v) is 4.51. The van der Waals surface area contributed by atoms with Crippen LogP contribution in [-0.4, -0.2) is 50.1 Å². The number of amides is 1. The van der Waals surface area contributed by atoms with E-state index in [0.717, 1.165) is 25.7 Å². The van der Waals surface area contributed by atoms with E-state index in [1.54, 1.807) is 0 Å². The number of nitrogens with one attached hydrogen (secondary N) is 1. The predicted octanol–water partition coefficient (Wildman–Crippen LogP) is 2.29. The molecule has 0 heterocycles. The Morgan fingerprint density at radius 2 is 1.56 bits per heavy atom. The minimum absolute atomic E-state index is 0.0567.